The smallest absolute Gasteiger partial charge is 0.248 e. The van der Waals surface area contributed by atoms with E-state index in [9.17, 15) is 9.60 Å². The highest BCUT2D eigenvalue weighted by Gasteiger charge is 2.14. The van der Waals surface area contributed by atoms with Crippen molar-refractivity contribution in [3.63, 3.8) is 0 Å². The number of rotatable bonds is 4. The minimum absolute atomic E-state index is 0.192. The van der Waals surface area contributed by atoms with E-state index >= 15 is 0 Å². The normalized spacial score (nSPS) is 10.5. The van der Waals surface area contributed by atoms with E-state index in [4.69, 9.17) is 5.41 Å². The zero-order chi connectivity index (χ0) is 17.8. The maximum Gasteiger partial charge on any atom is 0.248 e. The molecule has 9 heteroatoms. The molecule has 0 saturated heterocycles. The minimum atomic E-state index is -0.453. The molecule has 3 N–H and O–H groups in total. The second-order valence-corrected chi connectivity index (χ2v) is 5.97. The summed E-state index contributed by atoms with van der Waals surface area (Å²) in [6.45, 7) is 0.579. The molecule has 0 bridgehead atoms. The quantitative estimate of drug-likeness (QED) is 0.351. The Kier molecular flexibility index (Phi) is 5.05. The molecule has 1 aromatic carbocycles. The maximum atomic E-state index is 13.3. The van der Waals surface area contributed by atoms with Crippen molar-refractivity contribution in [2.45, 2.75) is 6.54 Å². The molecular formula is C16H14BrFN6O. The lowest BCUT2D eigenvalue weighted by molar-refractivity contribution is 0.306. The Morgan fingerprint density at radius 3 is 2.80 bits per heavy atom. The van der Waals surface area contributed by atoms with E-state index in [1.54, 1.807) is 24.8 Å². The van der Waals surface area contributed by atoms with Gasteiger partial charge in [0.25, 0.3) is 0 Å². The lowest BCUT2D eigenvalue weighted by atomic mass is 10.3. The summed E-state index contributed by atoms with van der Waals surface area (Å²) in [5.74, 6) is -0.749. The van der Waals surface area contributed by atoms with Gasteiger partial charge in [-0.3, -0.25) is 15.6 Å². The summed E-state index contributed by atoms with van der Waals surface area (Å²) in [4.78, 5) is 3.95. The van der Waals surface area contributed by atoms with Gasteiger partial charge in [-0.05, 0) is 51.8 Å². The highest BCUT2D eigenvalue weighted by atomic mass is 79.9. The standard InChI is InChI=1S/C16H14BrFN6O/c17-14-7-13(1-2-15(14)18)24(25)16(19)23-10-12(9-22-23)21-8-11-3-5-20-6-4-11/h1-7,9-10,19,21,25H,8H2. The highest BCUT2D eigenvalue weighted by Crippen LogP contribution is 2.22. The summed E-state index contributed by atoms with van der Waals surface area (Å²) in [7, 11) is 0. The predicted molar refractivity (Wildman–Crippen MR) is 95.3 cm³/mol. The van der Waals surface area contributed by atoms with Crippen LogP contribution in [0.2, 0.25) is 0 Å². The van der Waals surface area contributed by atoms with Gasteiger partial charge in [-0.1, -0.05) is 0 Å². The van der Waals surface area contributed by atoms with Crippen molar-refractivity contribution < 1.29 is 9.60 Å². The van der Waals surface area contributed by atoms with Crippen molar-refractivity contribution in [2.24, 2.45) is 0 Å². The number of hydrogen-bond acceptors (Lipinski definition) is 5. The van der Waals surface area contributed by atoms with Crippen LogP contribution in [0.25, 0.3) is 0 Å². The lowest BCUT2D eigenvalue weighted by Gasteiger charge is -2.17. The maximum absolute atomic E-state index is 13.3. The summed E-state index contributed by atoms with van der Waals surface area (Å²) >= 11 is 3.05. The van der Waals surface area contributed by atoms with E-state index < -0.39 is 5.82 Å². The van der Waals surface area contributed by atoms with Crippen LogP contribution in [0.1, 0.15) is 5.56 Å². The van der Waals surface area contributed by atoms with Crippen molar-refractivity contribution in [3.8, 4) is 0 Å². The van der Waals surface area contributed by atoms with Crippen LogP contribution in [0.3, 0.4) is 0 Å². The fourth-order valence-electron chi connectivity index (χ4n) is 2.07. The molecule has 0 aliphatic rings. The third-order valence-corrected chi connectivity index (χ3v) is 4.00. The molecule has 7 nitrogen and oxygen atoms in total. The number of hydrogen-bond donors (Lipinski definition) is 3. The first-order valence-electron chi connectivity index (χ1n) is 7.25. The van der Waals surface area contributed by atoms with Gasteiger partial charge in [0.2, 0.25) is 5.96 Å². The molecule has 25 heavy (non-hydrogen) atoms. The fraction of sp³-hybridized carbons (Fsp3) is 0.0625. The third-order valence-electron chi connectivity index (χ3n) is 3.39. The first-order chi connectivity index (χ1) is 12.0. The molecule has 2 heterocycles. The summed E-state index contributed by atoms with van der Waals surface area (Å²) in [5, 5.41) is 26.0. The van der Waals surface area contributed by atoms with E-state index in [2.05, 4.69) is 31.3 Å². The van der Waals surface area contributed by atoms with E-state index in [-0.39, 0.29) is 16.1 Å². The molecule has 2 aromatic heterocycles. The van der Waals surface area contributed by atoms with Gasteiger partial charge in [-0.2, -0.15) is 10.2 Å². The van der Waals surface area contributed by atoms with Crippen molar-refractivity contribution in [1.82, 2.24) is 14.8 Å². The Morgan fingerprint density at radius 1 is 1.32 bits per heavy atom. The molecule has 0 unspecified atom stereocenters. The minimum Gasteiger partial charge on any atom is -0.378 e. The first-order valence-corrected chi connectivity index (χ1v) is 8.04. The van der Waals surface area contributed by atoms with Crippen LogP contribution in [0.5, 0.6) is 0 Å². The number of pyridine rings is 1. The van der Waals surface area contributed by atoms with Gasteiger partial charge in [0.1, 0.15) is 5.82 Å². The predicted octanol–water partition coefficient (Wildman–Crippen LogP) is 3.47. The Labute approximate surface area is 151 Å². The van der Waals surface area contributed by atoms with Gasteiger partial charge in [-0.25, -0.2) is 9.07 Å². The number of nitrogens with zero attached hydrogens (tertiary/aromatic N) is 4. The van der Waals surface area contributed by atoms with E-state index in [0.29, 0.717) is 17.3 Å². The molecular weight excluding hydrogens is 391 g/mol. The van der Waals surface area contributed by atoms with Gasteiger partial charge in [0.15, 0.2) is 0 Å². The van der Waals surface area contributed by atoms with Gasteiger partial charge in [-0.15, -0.1) is 0 Å². The zero-order valence-electron chi connectivity index (χ0n) is 12.9. The van der Waals surface area contributed by atoms with Crippen LogP contribution in [0, 0.1) is 11.2 Å². The molecule has 0 atom stereocenters. The molecule has 0 aliphatic heterocycles. The van der Waals surface area contributed by atoms with Crippen LogP contribution in [-0.4, -0.2) is 25.9 Å². The molecule has 0 saturated carbocycles. The van der Waals surface area contributed by atoms with Gasteiger partial charge in [0, 0.05) is 18.9 Å². The SMILES string of the molecule is N=C(N(O)c1ccc(F)c(Br)c1)n1cc(NCc2ccncc2)cn1. The molecule has 128 valence electrons. The van der Waals surface area contributed by atoms with Gasteiger partial charge < -0.3 is 5.32 Å². The summed E-state index contributed by atoms with van der Waals surface area (Å²) in [6.07, 6.45) is 6.54. The Hall–Kier alpha value is -2.78. The van der Waals surface area contributed by atoms with Crippen molar-refractivity contribution in [1.29, 1.82) is 5.41 Å². The van der Waals surface area contributed by atoms with Crippen molar-refractivity contribution >= 4 is 33.3 Å². The van der Waals surface area contributed by atoms with Crippen molar-refractivity contribution in [3.05, 3.63) is 71.0 Å². The largest absolute Gasteiger partial charge is 0.378 e. The molecule has 0 amide bonds. The summed E-state index contributed by atoms with van der Waals surface area (Å²) < 4.78 is 14.7. The Balaban J connectivity index is 1.68. The topological polar surface area (TPSA) is 90.1 Å². The fourth-order valence-corrected chi connectivity index (χ4v) is 2.44. The molecule has 0 fully saturated rings. The average Bonchev–Trinajstić information content (AvgIpc) is 3.11. The number of benzene rings is 1. The second kappa shape index (κ2) is 7.41. The molecule has 3 rings (SSSR count). The number of nitrogens with one attached hydrogen (secondary N) is 2. The van der Waals surface area contributed by atoms with Crippen LogP contribution in [0.4, 0.5) is 15.8 Å². The monoisotopic (exact) mass is 404 g/mol. The van der Waals surface area contributed by atoms with Crippen molar-refractivity contribution in [2.75, 3.05) is 10.4 Å². The zero-order valence-corrected chi connectivity index (χ0v) is 14.5. The van der Waals surface area contributed by atoms with E-state index in [0.717, 1.165) is 5.56 Å². The molecule has 0 spiro atoms. The first kappa shape index (κ1) is 17.1. The van der Waals surface area contributed by atoms with Crippen LogP contribution >= 0.6 is 15.9 Å². The third kappa shape index (κ3) is 4.01. The lowest BCUT2D eigenvalue weighted by Crippen LogP contribution is -2.32. The number of halogens is 2. The molecule has 0 aliphatic carbocycles. The van der Waals surface area contributed by atoms with E-state index in [1.165, 1.54) is 22.9 Å². The average molecular weight is 405 g/mol. The number of hydroxylamine groups is 1. The number of aromatic nitrogens is 3. The Bertz CT molecular complexity index is 885. The highest BCUT2D eigenvalue weighted by molar-refractivity contribution is 9.10. The molecule has 0 radical (unpaired) electrons. The molecule has 3 aromatic rings. The van der Waals surface area contributed by atoms with Crippen LogP contribution in [0.15, 0.2) is 59.6 Å². The number of anilines is 2. The van der Waals surface area contributed by atoms with Crippen LogP contribution in [-0.2, 0) is 6.54 Å². The Morgan fingerprint density at radius 2 is 2.08 bits per heavy atom. The van der Waals surface area contributed by atoms with E-state index in [1.807, 2.05) is 12.1 Å². The van der Waals surface area contributed by atoms with Gasteiger partial charge in [0.05, 0.1) is 28.2 Å². The van der Waals surface area contributed by atoms with Crippen LogP contribution < -0.4 is 10.4 Å². The van der Waals surface area contributed by atoms with Gasteiger partial charge >= 0.3 is 0 Å². The second-order valence-electron chi connectivity index (χ2n) is 5.12. The summed E-state index contributed by atoms with van der Waals surface area (Å²) in [5.41, 5.74) is 1.98. The summed E-state index contributed by atoms with van der Waals surface area (Å²) in [6, 6.07) is 7.71.